The van der Waals surface area contributed by atoms with Crippen molar-refractivity contribution in [3.8, 4) is 11.3 Å². The zero-order valence-electron chi connectivity index (χ0n) is 8.85. The summed E-state index contributed by atoms with van der Waals surface area (Å²) in [6, 6.07) is 3.41. The fourth-order valence-corrected chi connectivity index (χ4v) is 1.87. The van der Waals surface area contributed by atoms with Gasteiger partial charge in [0.25, 0.3) is 5.56 Å². The number of hydrogen-bond donors (Lipinski definition) is 2. The van der Waals surface area contributed by atoms with Crippen LogP contribution < -0.4 is 11.0 Å². The highest BCUT2D eigenvalue weighted by atomic mass is 19.1. The van der Waals surface area contributed by atoms with Gasteiger partial charge in [-0.05, 0) is 12.1 Å². The lowest BCUT2D eigenvalue weighted by Crippen LogP contribution is -2.17. The van der Waals surface area contributed by atoms with Crippen LogP contribution in [0.4, 0.5) is 4.39 Å². The smallest absolute Gasteiger partial charge is 0.292 e. The van der Waals surface area contributed by atoms with Gasteiger partial charge in [0, 0.05) is 17.0 Å². The molecule has 0 atom stereocenters. The van der Waals surface area contributed by atoms with Gasteiger partial charge in [-0.15, -0.1) is 0 Å². The minimum atomic E-state index is -0.917. The summed E-state index contributed by atoms with van der Waals surface area (Å²) in [6.07, 6.45) is 1.33. The largest absolute Gasteiger partial charge is 0.428 e. The Balaban J connectivity index is 2.63. The molecule has 90 valence electrons. The Labute approximate surface area is 98.2 Å². The molecule has 0 bridgehead atoms. The van der Waals surface area contributed by atoms with Gasteiger partial charge in [0.15, 0.2) is 11.3 Å². The average molecular weight is 247 g/mol. The fraction of sp³-hybridized carbons (Fsp3) is 0. The number of H-pyrrole nitrogens is 1. The number of nitrogens with one attached hydrogen (secondary N) is 1. The Morgan fingerprint density at radius 3 is 2.83 bits per heavy atom. The van der Waals surface area contributed by atoms with Gasteiger partial charge in [0.05, 0.1) is 11.9 Å². The molecule has 0 unspecified atom stereocenters. The molecule has 1 aliphatic heterocycles. The van der Waals surface area contributed by atoms with E-state index in [9.17, 15) is 19.2 Å². The van der Waals surface area contributed by atoms with Gasteiger partial charge in [-0.25, -0.2) is 9.49 Å². The lowest BCUT2D eigenvalue weighted by molar-refractivity contribution is 0.202. The number of halogens is 1. The van der Waals surface area contributed by atoms with Crippen LogP contribution in [0.25, 0.3) is 22.2 Å². The molecular weight excluding hydrogens is 241 g/mol. The summed E-state index contributed by atoms with van der Waals surface area (Å²) in [7, 11) is 0. The van der Waals surface area contributed by atoms with E-state index in [-0.39, 0.29) is 11.2 Å². The van der Waals surface area contributed by atoms with Gasteiger partial charge in [-0.3, -0.25) is 9.59 Å². The van der Waals surface area contributed by atoms with E-state index in [1.807, 2.05) is 0 Å². The van der Waals surface area contributed by atoms with Crippen molar-refractivity contribution in [2.24, 2.45) is 0 Å². The quantitative estimate of drug-likeness (QED) is 0.449. The number of aromatic amines is 1. The molecule has 1 aliphatic carbocycles. The second-order valence-electron chi connectivity index (χ2n) is 3.80. The number of pyridine rings is 1. The van der Waals surface area contributed by atoms with Gasteiger partial charge < -0.3 is 5.21 Å². The highest BCUT2D eigenvalue weighted by Gasteiger charge is 2.15. The highest BCUT2D eigenvalue weighted by molar-refractivity contribution is 5.84. The molecule has 0 amide bonds. The van der Waals surface area contributed by atoms with Crippen LogP contribution in [-0.4, -0.2) is 20.1 Å². The van der Waals surface area contributed by atoms with Gasteiger partial charge in [0.2, 0.25) is 5.43 Å². The number of aromatic nitrogens is 3. The SMILES string of the molecule is O=c1cc2n(O)c3c(=O)[nH]ncc3cc-2cc1F. The maximum atomic E-state index is 13.2. The number of rotatable bonds is 0. The Morgan fingerprint density at radius 2 is 2.06 bits per heavy atom. The van der Waals surface area contributed by atoms with Crippen molar-refractivity contribution in [1.82, 2.24) is 14.9 Å². The molecule has 0 fully saturated rings. The van der Waals surface area contributed by atoms with E-state index in [1.165, 1.54) is 12.3 Å². The lowest BCUT2D eigenvalue weighted by atomic mass is 10.1. The van der Waals surface area contributed by atoms with Gasteiger partial charge in [-0.1, -0.05) is 0 Å². The Hall–Kier alpha value is -2.70. The maximum Gasteiger partial charge on any atom is 0.292 e. The molecule has 0 radical (unpaired) electrons. The van der Waals surface area contributed by atoms with E-state index in [2.05, 4.69) is 10.2 Å². The van der Waals surface area contributed by atoms with Crippen LogP contribution in [0.2, 0.25) is 0 Å². The first-order valence-corrected chi connectivity index (χ1v) is 5.00. The zero-order chi connectivity index (χ0) is 12.9. The number of fused-ring (bicyclic) bond motifs is 2. The maximum absolute atomic E-state index is 13.2. The van der Waals surface area contributed by atoms with Crippen molar-refractivity contribution >= 4 is 10.9 Å². The normalized spacial score (nSPS) is 11.2. The van der Waals surface area contributed by atoms with E-state index in [1.54, 1.807) is 0 Å². The number of nitrogens with zero attached hydrogens (tertiary/aromatic N) is 2. The second-order valence-corrected chi connectivity index (χ2v) is 3.80. The third kappa shape index (κ3) is 1.30. The molecule has 1 aromatic heterocycles. The molecule has 2 N–H and O–H groups in total. The molecule has 0 saturated heterocycles. The van der Waals surface area contributed by atoms with Crippen molar-refractivity contribution in [2.45, 2.75) is 0 Å². The van der Waals surface area contributed by atoms with Crippen molar-refractivity contribution in [3.05, 3.63) is 50.8 Å². The van der Waals surface area contributed by atoms with Crippen LogP contribution in [-0.2, 0) is 0 Å². The van der Waals surface area contributed by atoms with Crippen molar-refractivity contribution in [1.29, 1.82) is 0 Å². The first kappa shape index (κ1) is 10.5. The van der Waals surface area contributed by atoms with E-state index in [0.29, 0.717) is 15.7 Å². The molecule has 3 rings (SSSR count). The summed E-state index contributed by atoms with van der Waals surface area (Å²) in [5.41, 5.74) is -1.15. The molecule has 2 heterocycles. The third-order valence-corrected chi connectivity index (χ3v) is 2.69. The van der Waals surface area contributed by atoms with Gasteiger partial charge >= 0.3 is 0 Å². The standard InChI is InChI=1S/C11H6FN3O3/c12-7-2-5-1-6-4-13-14-11(17)10(6)15(18)8(5)3-9(7)16/h1-4,18H,(H,14,17). The molecule has 18 heavy (non-hydrogen) atoms. The molecule has 0 aromatic carbocycles. The molecule has 2 aliphatic rings. The zero-order valence-corrected chi connectivity index (χ0v) is 8.85. The fourth-order valence-electron chi connectivity index (χ4n) is 1.87. The molecule has 1 aromatic rings. The van der Waals surface area contributed by atoms with Crippen LogP contribution >= 0.6 is 0 Å². The first-order valence-electron chi connectivity index (χ1n) is 5.00. The summed E-state index contributed by atoms with van der Waals surface area (Å²) in [5, 5.41) is 16.0. The van der Waals surface area contributed by atoms with Crippen molar-refractivity contribution < 1.29 is 9.60 Å². The summed E-state index contributed by atoms with van der Waals surface area (Å²) in [6.45, 7) is 0. The van der Waals surface area contributed by atoms with Crippen LogP contribution in [0.5, 0.6) is 0 Å². The monoisotopic (exact) mass is 247 g/mol. The summed E-state index contributed by atoms with van der Waals surface area (Å²) < 4.78 is 13.7. The molecule has 0 saturated carbocycles. The Kier molecular flexibility index (Phi) is 1.97. The number of benzene rings is 1. The second kappa shape index (κ2) is 3.39. The van der Waals surface area contributed by atoms with Crippen LogP contribution in [0.15, 0.2) is 34.0 Å². The lowest BCUT2D eigenvalue weighted by Gasteiger charge is -2.12. The molecule has 6 nitrogen and oxygen atoms in total. The first-order chi connectivity index (χ1) is 8.58. The van der Waals surface area contributed by atoms with Crippen LogP contribution in [0, 0.1) is 5.82 Å². The van der Waals surface area contributed by atoms with E-state index in [4.69, 9.17) is 0 Å². The van der Waals surface area contributed by atoms with Crippen molar-refractivity contribution in [3.63, 3.8) is 0 Å². The molecular formula is C11H6FN3O3. The van der Waals surface area contributed by atoms with E-state index >= 15 is 0 Å². The van der Waals surface area contributed by atoms with Crippen molar-refractivity contribution in [2.75, 3.05) is 0 Å². The number of hydrogen-bond acceptors (Lipinski definition) is 4. The van der Waals surface area contributed by atoms with Gasteiger partial charge in [-0.2, -0.15) is 9.83 Å². The topological polar surface area (TPSA) is 88.0 Å². The van der Waals surface area contributed by atoms with Crippen LogP contribution in [0.3, 0.4) is 0 Å². The van der Waals surface area contributed by atoms with E-state index in [0.717, 1.165) is 12.1 Å². The van der Waals surface area contributed by atoms with Crippen LogP contribution in [0.1, 0.15) is 0 Å². The summed E-state index contributed by atoms with van der Waals surface area (Å²) >= 11 is 0. The predicted octanol–water partition coefficient (Wildman–Crippen LogP) is 0.566. The predicted molar refractivity (Wildman–Crippen MR) is 60.4 cm³/mol. The minimum absolute atomic E-state index is 0.0523. The third-order valence-electron chi connectivity index (χ3n) is 2.69. The van der Waals surface area contributed by atoms with E-state index < -0.39 is 16.8 Å². The summed E-state index contributed by atoms with van der Waals surface area (Å²) in [4.78, 5) is 22.8. The van der Waals surface area contributed by atoms with Gasteiger partial charge in [0.1, 0.15) is 0 Å². The molecule has 7 heteroatoms. The molecule has 0 spiro atoms. The Bertz CT molecular complexity index is 852. The minimum Gasteiger partial charge on any atom is -0.428 e. The Morgan fingerprint density at radius 1 is 1.28 bits per heavy atom. The summed E-state index contributed by atoms with van der Waals surface area (Å²) in [5.74, 6) is -0.917. The highest BCUT2D eigenvalue weighted by Crippen LogP contribution is 2.24. The average Bonchev–Trinajstić information content (AvgIpc) is 2.32.